The zero-order valence-corrected chi connectivity index (χ0v) is 14.4. The predicted octanol–water partition coefficient (Wildman–Crippen LogP) is 3.48. The van der Waals surface area contributed by atoms with E-state index in [0.29, 0.717) is 16.4 Å². The highest BCUT2D eigenvalue weighted by atomic mass is 35.5. The molecule has 0 aromatic heterocycles. The minimum Gasteiger partial charge on any atom is -0.385 e. The molecule has 0 aliphatic carbocycles. The molecule has 2 rings (SSSR count). The number of para-hydroxylation sites is 1. The van der Waals surface area contributed by atoms with Crippen molar-refractivity contribution in [3.63, 3.8) is 0 Å². The molecule has 2 N–H and O–H groups in total. The highest BCUT2D eigenvalue weighted by molar-refractivity contribution is 6.36. The summed E-state index contributed by atoms with van der Waals surface area (Å²) in [6.45, 7) is 1.76. The second kappa shape index (κ2) is 9.44. The maximum atomic E-state index is 11.7. The van der Waals surface area contributed by atoms with Crippen LogP contribution >= 0.6 is 11.6 Å². The first-order valence-electron chi connectivity index (χ1n) is 7.68. The molecule has 2 amide bonds. The molecule has 0 heterocycles. The van der Waals surface area contributed by atoms with Crippen LogP contribution in [0.2, 0.25) is 5.02 Å². The molecule has 0 unspecified atom stereocenters. The number of aryl methyl sites for hydroxylation is 1. The Balaban J connectivity index is 1.73. The number of amides is 2. The van der Waals surface area contributed by atoms with E-state index < -0.39 is 5.91 Å². The van der Waals surface area contributed by atoms with E-state index in [-0.39, 0.29) is 12.5 Å². The van der Waals surface area contributed by atoms with Crippen molar-refractivity contribution in [2.24, 2.45) is 5.16 Å². The lowest BCUT2D eigenvalue weighted by atomic mass is 10.1. The van der Waals surface area contributed by atoms with Gasteiger partial charge in [-0.25, -0.2) is 0 Å². The Hall–Kier alpha value is -2.86. The molecule has 0 saturated heterocycles. The first-order valence-corrected chi connectivity index (χ1v) is 8.06. The fourth-order valence-electron chi connectivity index (χ4n) is 1.93. The van der Waals surface area contributed by atoms with E-state index in [9.17, 15) is 9.59 Å². The standard InChI is InChI=1S/C18H18ClN3O3/c1-2-13-7-9-14(10-8-13)21-18(24)12-25-20-11-17(23)22-16-6-4-3-5-15(16)19/h3-11H,2,12H2,1H3,(H,21,24)(H,22,23)/b20-11+. The van der Waals surface area contributed by atoms with E-state index in [1.807, 2.05) is 24.3 Å². The van der Waals surface area contributed by atoms with Crippen LogP contribution in [0.5, 0.6) is 0 Å². The van der Waals surface area contributed by atoms with Gasteiger partial charge in [-0.3, -0.25) is 9.59 Å². The van der Waals surface area contributed by atoms with E-state index in [0.717, 1.165) is 12.6 Å². The minimum atomic E-state index is -0.510. The number of halogens is 1. The van der Waals surface area contributed by atoms with Crippen LogP contribution in [-0.2, 0) is 20.8 Å². The summed E-state index contributed by atoms with van der Waals surface area (Å²) in [6.07, 6.45) is 1.87. The average molecular weight is 360 g/mol. The van der Waals surface area contributed by atoms with Gasteiger partial charge in [0.2, 0.25) is 0 Å². The zero-order chi connectivity index (χ0) is 18.1. The van der Waals surface area contributed by atoms with Gasteiger partial charge in [0.05, 0.1) is 10.7 Å². The fourth-order valence-corrected chi connectivity index (χ4v) is 2.11. The first kappa shape index (κ1) is 18.5. The Bertz CT molecular complexity index is 760. The molecule has 0 radical (unpaired) electrons. The van der Waals surface area contributed by atoms with Crippen molar-refractivity contribution in [3.8, 4) is 0 Å². The average Bonchev–Trinajstić information content (AvgIpc) is 2.61. The smallest absolute Gasteiger partial charge is 0.270 e. The number of anilines is 2. The Kier molecular flexibility index (Phi) is 6.98. The maximum Gasteiger partial charge on any atom is 0.270 e. The van der Waals surface area contributed by atoms with Crippen molar-refractivity contribution in [2.45, 2.75) is 13.3 Å². The van der Waals surface area contributed by atoms with Crippen LogP contribution in [0.3, 0.4) is 0 Å². The van der Waals surface area contributed by atoms with Crippen LogP contribution in [0.1, 0.15) is 12.5 Å². The summed E-state index contributed by atoms with van der Waals surface area (Å²) in [5.74, 6) is -0.878. The molecule has 0 bridgehead atoms. The van der Waals surface area contributed by atoms with Gasteiger partial charge in [0, 0.05) is 5.69 Å². The second-order valence-corrected chi connectivity index (χ2v) is 5.48. The zero-order valence-electron chi connectivity index (χ0n) is 13.7. The molecule has 7 heteroatoms. The van der Waals surface area contributed by atoms with E-state index in [1.165, 1.54) is 5.56 Å². The number of hydrogen-bond donors (Lipinski definition) is 2. The predicted molar refractivity (Wildman–Crippen MR) is 99.0 cm³/mol. The van der Waals surface area contributed by atoms with Crippen LogP contribution in [-0.4, -0.2) is 24.6 Å². The number of oxime groups is 1. The monoisotopic (exact) mass is 359 g/mol. The molecule has 2 aromatic carbocycles. The van der Waals surface area contributed by atoms with E-state index >= 15 is 0 Å². The lowest BCUT2D eigenvalue weighted by Crippen LogP contribution is -2.18. The molecule has 6 nitrogen and oxygen atoms in total. The van der Waals surface area contributed by atoms with Crippen molar-refractivity contribution in [2.75, 3.05) is 17.2 Å². The van der Waals surface area contributed by atoms with Crippen LogP contribution < -0.4 is 10.6 Å². The molecule has 0 atom stereocenters. The largest absolute Gasteiger partial charge is 0.385 e. The number of carbonyl (C=O) groups excluding carboxylic acids is 2. The van der Waals surface area contributed by atoms with Crippen molar-refractivity contribution < 1.29 is 14.4 Å². The van der Waals surface area contributed by atoms with Gasteiger partial charge < -0.3 is 15.5 Å². The molecule has 0 saturated carbocycles. The van der Waals surface area contributed by atoms with E-state index in [2.05, 4.69) is 22.7 Å². The van der Waals surface area contributed by atoms with Gasteiger partial charge >= 0.3 is 0 Å². The van der Waals surface area contributed by atoms with Crippen LogP contribution in [0.4, 0.5) is 11.4 Å². The van der Waals surface area contributed by atoms with Crippen LogP contribution in [0, 0.1) is 0 Å². The fraction of sp³-hybridized carbons (Fsp3) is 0.167. The van der Waals surface area contributed by atoms with Gasteiger partial charge in [0.25, 0.3) is 11.8 Å². The Morgan fingerprint density at radius 2 is 1.84 bits per heavy atom. The molecule has 0 fully saturated rings. The van der Waals surface area contributed by atoms with Crippen LogP contribution in [0.15, 0.2) is 53.7 Å². The molecule has 2 aromatic rings. The molecule has 0 spiro atoms. The highest BCUT2D eigenvalue weighted by Gasteiger charge is 2.04. The summed E-state index contributed by atoms with van der Waals surface area (Å²) >= 11 is 5.92. The molecule has 0 aliphatic rings. The third-order valence-electron chi connectivity index (χ3n) is 3.22. The number of benzene rings is 2. The quantitative estimate of drug-likeness (QED) is 0.586. The van der Waals surface area contributed by atoms with Gasteiger partial charge in [-0.1, -0.05) is 47.9 Å². The minimum absolute atomic E-state index is 0.300. The van der Waals surface area contributed by atoms with E-state index in [1.54, 1.807) is 24.3 Å². The Morgan fingerprint density at radius 3 is 2.52 bits per heavy atom. The van der Waals surface area contributed by atoms with Gasteiger partial charge in [-0.05, 0) is 36.2 Å². The van der Waals surface area contributed by atoms with Gasteiger partial charge in [-0.2, -0.15) is 0 Å². The highest BCUT2D eigenvalue weighted by Crippen LogP contribution is 2.19. The van der Waals surface area contributed by atoms with Gasteiger partial charge in [0.1, 0.15) is 6.21 Å². The van der Waals surface area contributed by atoms with Gasteiger partial charge in [0.15, 0.2) is 6.61 Å². The molecular weight excluding hydrogens is 342 g/mol. The summed E-state index contributed by atoms with van der Waals surface area (Å²) in [4.78, 5) is 28.2. The summed E-state index contributed by atoms with van der Waals surface area (Å²) in [5, 5.41) is 9.10. The summed E-state index contributed by atoms with van der Waals surface area (Å²) < 4.78 is 0. The lowest BCUT2D eigenvalue weighted by molar-refractivity contribution is -0.120. The second-order valence-electron chi connectivity index (χ2n) is 5.08. The maximum absolute atomic E-state index is 11.7. The van der Waals surface area contributed by atoms with Crippen molar-refractivity contribution in [1.29, 1.82) is 0 Å². The lowest BCUT2D eigenvalue weighted by Gasteiger charge is -2.05. The summed E-state index contributed by atoms with van der Waals surface area (Å²) in [6, 6.07) is 14.3. The molecular formula is C18H18ClN3O3. The summed E-state index contributed by atoms with van der Waals surface area (Å²) in [7, 11) is 0. The van der Waals surface area contributed by atoms with Crippen molar-refractivity contribution in [3.05, 3.63) is 59.1 Å². The topological polar surface area (TPSA) is 79.8 Å². The molecule has 0 aliphatic heterocycles. The normalized spacial score (nSPS) is 10.5. The van der Waals surface area contributed by atoms with Gasteiger partial charge in [-0.15, -0.1) is 0 Å². The number of nitrogens with zero attached hydrogens (tertiary/aromatic N) is 1. The third kappa shape index (κ3) is 6.27. The number of nitrogens with one attached hydrogen (secondary N) is 2. The van der Waals surface area contributed by atoms with E-state index in [4.69, 9.17) is 16.4 Å². The van der Waals surface area contributed by atoms with Crippen molar-refractivity contribution in [1.82, 2.24) is 0 Å². The Morgan fingerprint density at radius 1 is 1.12 bits per heavy atom. The first-order chi connectivity index (χ1) is 12.1. The number of carbonyl (C=O) groups is 2. The number of hydrogen-bond acceptors (Lipinski definition) is 4. The SMILES string of the molecule is CCc1ccc(NC(=O)CO/N=C/C(=O)Nc2ccccc2Cl)cc1. The third-order valence-corrected chi connectivity index (χ3v) is 3.55. The Labute approximate surface area is 150 Å². The van der Waals surface area contributed by atoms with Crippen molar-refractivity contribution >= 4 is 41.0 Å². The summed E-state index contributed by atoms with van der Waals surface area (Å²) in [5.41, 5.74) is 2.32. The van der Waals surface area contributed by atoms with Crippen LogP contribution in [0.25, 0.3) is 0 Å². The number of rotatable bonds is 7. The molecule has 130 valence electrons. The molecule has 25 heavy (non-hydrogen) atoms.